The van der Waals surface area contributed by atoms with Gasteiger partial charge in [-0.2, -0.15) is 0 Å². The first-order valence-electron chi connectivity index (χ1n) is 11.6. The van der Waals surface area contributed by atoms with Crippen molar-refractivity contribution in [1.29, 1.82) is 0 Å². The second-order valence-corrected chi connectivity index (χ2v) is 8.82. The van der Waals surface area contributed by atoms with Crippen LogP contribution in [0.1, 0.15) is 43.9 Å². The maximum Gasteiger partial charge on any atom is 0.237 e. The van der Waals surface area contributed by atoms with E-state index in [-0.39, 0.29) is 11.9 Å². The van der Waals surface area contributed by atoms with E-state index in [4.69, 9.17) is 4.98 Å². The smallest absolute Gasteiger partial charge is 0.237 e. The number of aromatic nitrogens is 3. The van der Waals surface area contributed by atoms with Gasteiger partial charge in [-0.1, -0.05) is 36.4 Å². The van der Waals surface area contributed by atoms with Crippen LogP contribution in [-0.2, 0) is 11.3 Å². The van der Waals surface area contributed by atoms with E-state index in [2.05, 4.69) is 46.2 Å². The molecule has 3 heterocycles. The Morgan fingerprint density at radius 3 is 2.52 bits per heavy atom. The number of hydrogen-bond acceptors (Lipinski definition) is 6. The Labute approximate surface area is 195 Å². The van der Waals surface area contributed by atoms with E-state index in [0.717, 1.165) is 43.0 Å². The molecule has 1 aromatic carbocycles. The summed E-state index contributed by atoms with van der Waals surface area (Å²) >= 11 is 0. The van der Waals surface area contributed by atoms with Crippen LogP contribution in [0.15, 0.2) is 67.1 Å². The van der Waals surface area contributed by atoms with Crippen LogP contribution >= 0.6 is 0 Å². The predicted octanol–water partition coefficient (Wildman–Crippen LogP) is 4.23. The third-order valence-electron chi connectivity index (χ3n) is 6.08. The van der Waals surface area contributed by atoms with E-state index < -0.39 is 0 Å². The van der Waals surface area contributed by atoms with Crippen molar-refractivity contribution in [2.45, 2.75) is 45.2 Å². The zero-order valence-corrected chi connectivity index (χ0v) is 19.4. The molecule has 2 aromatic heterocycles. The lowest BCUT2D eigenvalue weighted by molar-refractivity contribution is -0.135. The molecule has 4 rings (SSSR count). The number of pyridine rings is 1. The van der Waals surface area contributed by atoms with Gasteiger partial charge in [0.05, 0.1) is 18.4 Å². The van der Waals surface area contributed by atoms with Crippen LogP contribution in [0.3, 0.4) is 0 Å². The Bertz CT molecular complexity index is 1020. The van der Waals surface area contributed by atoms with E-state index in [9.17, 15) is 4.79 Å². The zero-order valence-electron chi connectivity index (χ0n) is 19.4. The molecule has 1 saturated heterocycles. The molecule has 0 unspecified atom stereocenters. The number of piperidine rings is 1. The van der Waals surface area contributed by atoms with Crippen molar-refractivity contribution in [2.75, 3.05) is 25.0 Å². The monoisotopic (exact) mass is 444 g/mol. The normalized spacial score (nSPS) is 14.9. The number of nitrogens with one attached hydrogen (secondary N) is 1. The van der Waals surface area contributed by atoms with E-state index >= 15 is 0 Å². The Kier molecular flexibility index (Phi) is 7.62. The standard InChI is InChI=1S/C26H32N6O/c1-20(2)32(18-21-8-4-3-5-9-21)26(33)19-31-14-11-22(12-15-31)23-16-27-17-25(29-23)30-24-10-6-7-13-28-24/h3-10,13,16-17,20,22H,11-12,14-15,18-19H2,1-2H3,(H,28,29,30). The molecule has 1 aliphatic rings. The molecule has 33 heavy (non-hydrogen) atoms. The number of rotatable bonds is 8. The van der Waals surface area contributed by atoms with Crippen LogP contribution in [0.5, 0.6) is 0 Å². The first-order chi connectivity index (χ1) is 16.1. The maximum absolute atomic E-state index is 13.1. The quantitative estimate of drug-likeness (QED) is 0.560. The lowest BCUT2D eigenvalue weighted by Crippen LogP contribution is -2.45. The lowest BCUT2D eigenvalue weighted by Gasteiger charge is -2.34. The molecule has 0 radical (unpaired) electrons. The van der Waals surface area contributed by atoms with E-state index in [1.54, 1.807) is 12.4 Å². The van der Waals surface area contributed by atoms with Gasteiger partial charge in [0.1, 0.15) is 11.6 Å². The van der Waals surface area contributed by atoms with E-state index in [1.807, 2.05) is 47.5 Å². The van der Waals surface area contributed by atoms with Crippen molar-refractivity contribution >= 4 is 17.5 Å². The van der Waals surface area contributed by atoms with Crippen molar-refractivity contribution in [3.8, 4) is 0 Å². The molecule has 0 atom stereocenters. The van der Waals surface area contributed by atoms with Gasteiger partial charge in [0, 0.05) is 30.9 Å². The van der Waals surface area contributed by atoms with Crippen molar-refractivity contribution in [2.24, 2.45) is 0 Å². The van der Waals surface area contributed by atoms with Crippen LogP contribution in [0.4, 0.5) is 11.6 Å². The highest BCUT2D eigenvalue weighted by atomic mass is 16.2. The molecule has 172 valence electrons. The van der Waals surface area contributed by atoms with Gasteiger partial charge >= 0.3 is 0 Å². The Morgan fingerprint density at radius 2 is 1.82 bits per heavy atom. The average molecular weight is 445 g/mol. The fourth-order valence-corrected chi connectivity index (χ4v) is 4.21. The molecular formula is C26H32N6O. The van der Waals surface area contributed by atoms with Gasteiger partial charge in [-0.25, -0.2) is 9.97 Å². The molecule has 0 bridgehead atoms. The van der Waals surface area contributed by atoms with Crippen molar-refractivity contribution in [3.05, 3.63) is 78.4 Å². The first kappa shape index (κ1) is 22.9. The predicted molar refractivity (Wildman–Crippen MR) is 130 cm³/mol. The molecule has 0 aliphatic carbocycles. The van der Waals surface area contributed by atoms with Gasteiger partial charge in [0.2, 0.25) is 5.91 Å². The summed E-state index contributed by atoms with van der Waals surface area (Å²) in [6.07, 6.45) is 7.26. The van der Waals surface area contributed by atoms with Gasteiger partial charge in [-0.15, -0.1) is 0 Å². The highest BCUT2D eigenvalue weighted by Gasteiger charge is 2.26. The summed E-state index contributed by atoms with van der Waals surface area (Å²) in [5.41, 5.74) is 2.16. The second kappa shape index (κ2) is 11.0. The molecule has 3 aromatic rings. The molecule has 7 nitrogen and oxygen atoms in total. The molecule has 1 aliphatic heterocycles. The van der Waals surface area contributed by atoms with Crippen LogP contribution in [0, 0.1) is 0 Å². The lowest BCUT2D eigenvalue weighted by atomic mass is 9.94. The number of anilines is 2. The Hall–Kier alpha value is -3.32. The summed E-state index contributed by atoms with van der Waals surface area (Å²) in [5.74, 6) is 1.99. The summed E-state index contributed by atoms with van der Waals surface area (Å²) in [7, 11) is 0. The number of likely N-dealkylation sites (tertiary alicyclic amines) is 1. The highest BCUT2D eigenvalue weighted by molar-refractivity contribution is 5.78. The molecule has 7 heteroatoms. The fraction of sp³-hybridized carbons (Fsp3) is 0.385. The number of carbonyl (C=O) groups excluding carboxylic acids is 1. The average Bonchev–Trinajstić information content (AvgIpc) is 2.84. The van der Waals surface area contributed by atoms with Gasteiger partial charge < -0.3 is 10.2 Å². The van der Waals surface area contributed by atoms with Gasteiger partial charge in [-0.05, 0) is 57.5 Å². The third kappa shape index (κ3) is 6.35. The number of hydrogen-bond donors (Lipinski definition) is 1. The largest absolute Gasteiger partial charge is 0.335 e. The number of carbonyl (C=O) groups is 1. The van der Waals surface area contributed by atoms with Gasteiger partial charge in [0.15, 0.2) is 0 Å². The molecule has 0 saturated carbocycles. The second-order valence-electron chi connectivity index (χ2n) is 8.82. The molecule has 1 fully saturated rings. The van der Waals surface area contributed by atoms with Crippen molar-refractivity contribution < 1.29 is 4.79 Å². The first-order valence-corrected chi connectivity index (χ1v) is 11.6. The van der Waals surface area contributed by atoms with Crippen LogP contribution in [-0.4, -0.2) is 56.3 Å². The van der Waals surface area contributed by atoms with Crippen LogP contribution in [0.2, 0.25) is 0 Å². The highest BCUT2D eigenvalue weighted by Crippen LogP contribution is 2.27. The minimum absolute atomic E-state index is 0.167. The van der Waals surface area contributed by atoms with Crippen molar-refractivity contribution in [3.63, 3.8) is 0 Å². The summed E-state index contributed by atoms with van der Waals surface area (Å²) in [4.78, 5) is 30.7. The topological polar surface area (TPSA) is 74.2 Å². The Balaban J connectivity index is 1.31. The third-order valence-corrected chi connectivity index (χ3v) is 6.08. The van der Waals surface area contributed by atoms with Crippen LogP contribution in [0.25, 0.3) is 0 Å². The SMILES string of the molecule is CC(C)N(Cc1ccccc1)C(=O)CN1CCC(c2cncc(Nc3ccccn3)n2)CC1. The zero-order chi connectivity index (χ0) is 23.0. The Morgan fingerprint density at radius 1 is 1.06 bits per heavy atom. The molecule has 1 amide bonds. The molecule has 1 N–H and O–H groups in total. The minimum atomic E-state index is 0.167. The summed E-state index contributed by atoms with van der Waals surface area (Å²) in [5, 5.41) is 3.22. The van der Waals surface area contributed by atoms with E-state index in [0.29, 0.717) is 24.8 Å². The van der Waals surface area contributed by atoms with Gasteiger partial charge in [0.25, 0.3) is 0 Å². The maximum atomic E-state index is 13.1. The number of amides is 1. The summed E-state index contributed by atoms with van der Waals surface area (Å²) in [6, 6.07) is 16.1. The summed E-state index contributed by atoms with van der Waals surface area (Å²) in [6.45, 7) is 7.04. The molecular weight excluding hydrogens is 412 g/mol. The van der Waals surface area contributed by atoms with Crippen LogP contribution < -0.4 is 5.32 Å². The fourth-order valence-electron chi connectivity index (χ4n) is 4.21. The molecule has 0 spiro atoms. The van der Waals surface area contributed by atoms with Gasteiger partial charge in [-0.3, -0.25) is 14.7 Å². The number of nitrogens with zero attached hydrogens (tertiary/aromatic N) is 5. The minimum Gasteiger partial charge on any atom is -0.335 e. The number of benzene rings is 1. The van der Waals surface area contributed by atoms with Crippen molar-refractivity contribution in [1.82, 2.24) is 24.8 Å². The van der Waals surface area contributed by atoms with E-state index in [1.165, 1.54) is 0 Å². The summed E-state index contributed by atoms with van der Waals surface area (Å²) < 4.78 is 0.